The lowest BCUT2D eigenvalue weighted by atomic mass is 10.1. The number of hydrogen-bond donors (Lipinski definition) is 2. The van der Waals surface area contributed by atoms with E-state index in [1.807, 2.05) is 13.8 Å². The Bertz CT molecular complexity index is 1280. The van der Waals surface area contributed by atoms with Gasteiger partial charge in [-0.3, -0.25) is 4.79 Å². The van der Waals surface area contributed by atoms with Crippen LogP contribution in [0.25, 0.3) is 0 Å². The van der Waals surface area contributed by atoms with E-state index in [1.165, 1.54) is 25.5 Å². The van der Waals surface area contributed by atoms with E-state index in [9.17, 15) is 9.59 Å². The van der Waals surface area contributed by atoms with Crippen LogP contribution in [-0.2, 0) is 6.61 Å². The van der Waals surface area contributed by atoms with Crippen LogP contribution in [0.5, 0.6) is 23.0 Å². The number of rotatable bonds is 12. The summed E-state index contributed by atoms with van der Waals surface area (Å²) >= 11 is 3.51. The molecule has 0 unspecified atom stereocenters. The first kappa shape index (κ1) is 27.5. The second kappa shape index (κ2) is 13.3. The number of carboxylic acid groups (broad SMARTS) is 1. The molecule has 9 nitrogen and oxygen atoms in total. The van der Waals surface area contributed by atoms with E-state index in [2.05, 4.69) is 26.5 Å². The number of nitrogens with one attached hydrogen (secondary N) is 1. The molecule has 0 spiro atoms. The number of ether oxygens (including phenoxy) is 4. The van der Waals surface area contributed by atoms with Crippen molar-refractivity contribution >= 4 is 34.0 Å². The summed E-state index contributed by atoms with van der Waals surface area (Å²) in [7, 11) is 1.51. The number of aromatic carboxylic acids is 1. The van der Waals surface area contributed by atoms with Gasteiger partial charge in [-0.1, -0.05) is 12.1 Å². The van der Waals surface area contributed by atoms with Gasteiger partial charge in [0.15, 0.2) is 23.0 Å². The summed E-state index contributed by atoms with van der Waals surface area (Å²) in [5.74, 6) is 0.599. The van der Waals surface area contributed by atoms with Gasteiger partial charge in [0.05, 0.1) is 36.6 Å². The first-order chi connectivity index (χ1) is 17.9. The van der Waals surface area contributed by atoms with Gasteiger partial charge in [-0.05, 0) is 83.4 Å². The average molecular weight is 571 g/mol. The van der Waals surface area contributed by atoms with Crippen LogP contribution in [0.4, 0.5) is 0 Å². The molecule has 0 aliphatic rings. The average Bonchev–Trinajstić information content (AvgIpc) is 2.89. The molecule has 10 heteroatoms. The molecule has 0 radical (unpaired) electrons. The highest BCUT2D eigenvalue weighted by atomic mass is 79.9. The number of halogens is 1. The van der Waals surface area contributed by atoms with Gasteiger partial charge in [-0.15, -0.1) is 0 Å². The molecular weight excluding hydrogens is 544 g/mol. The molecule has 1 amide bonds. The number of carbonyl (C=O) groups is 2. The second-order valence-electron chi connectivity index (χ2n) is 7.55. The fraction of sp³-hybridized carbons (Fsp3) is 0.222. The van der Waals surface area contributed by atoms with E-state index in [-0.39, 0.29) is 12.2 Å². The Labute approximate surface area is 223 Å². The maximum Gasteiger partial charge on any atom is 0.335 e. The van der Waals surface area contributed by atoms with Crippen LogP contribution >= 0.6 is 15.9 Å². The van der Waals surface area contributed by atoms with Crippen molar-refractivity contribution in [3.8, 4) is 23.0 Å². The third-order valence-electron chi connectivity index (χ3n) is 5.02. The van der Waals surface area contributed by atoms with Gasteiger partial charge in [-0.2, -0.15) is 5.10 Å². The Morgan fingerprint density at radius 1 is 0.919 bits per heavy atom. The first-order valence-corrected chi connectivity index (χ1v) is 12.2. The maximum atomic E-state index is 12.5. The Morgan fingerprint density at radius 3 is 2.24 bits per heavy atom. The van der Waals surface area contributed by atoms with Crippen molar-refractivity contribution in [3.05, 3.63) is 81.3 Å². The molecule has 0 bridgehead atoms. The minimum Gasteiger partial charge on any atom is -0.493 e. The van der Waals surface area contributed by atoms with E-state index in [4.69, 9.17) is 24.1 Å². The van der Waals surface area contributed by atoms with E-state index in [1.54, 1.807) is 42.5 Å². The molecule has 3 aromatic rings. The van der Waals surface area contributed by atoms with Crippen LogP contribution in [0.2, 0.25) is 0 Å². The van der Waals surface area contributed by atoms with Crippen LogP contribution in [0, 0.1) is 0 Å². The summed E-state index contributed by atoms with van der Waals surface area (Å²) in [4.78, 5) is 23.6. The zero-order chi connectivity index (χ0) is 26.8. The monoisotopic (exact) mass is 570 g/mol. The number of hydrazone groups is 1. The number of benzene rings is 3. The van der Waals surface area contributed by atoms with Crippen molar-refractivity contribution in [2.45, 2.75) is 20.5 Å². The molecule has 3 aromatic carbocycles. The van der Waals surface area contributed by atoms with Crippen LogP contribution in [-0.4, -0.2) is 43.5 Å². The molecule has 0 aromatic heterocycles. The van der Waals surface area contributed by atoms with Crippen molar-refractivity contribution in [1.82, 2.24) is 5.43 Å². The minimum atomic E-state index is -0.985. The van der Waals surface area contributed by atoms with Gasteiger partial charge in [0.25, 0.3) is 5.91 Å². The predicted octanol–water partition coefficient (Wildman–Crippen LogP) is 5.30. The Balaban J connectivity index is 1.70. The standard InChI is InChI=1S/C27H27BrN2O7/c1-4-35-22-11-10-20(14-23(22)34-3)26(31)30-29-15-18-12-21(28)25(24(13-18)36-5-2)37-16-17-6-8-19(9-7-17)27(32)33/h6-15H,4-5,16H2,1-3H3,(H,30,31)(H,32,33)/b29-15+. The van der Waals surface area contributed by atoms with Gasteiger partial charge in [0.1, 0.15) is 6.61 Å². The lowest BCUT2D eigenvalue weighted by Crippen LogP contribution is -2.17. The fourth-order valence-corrected chi connectivity index (χ4v) is 3.85. The van der Waals surface area contributed by atoms with Gasteiger partial charge in [-0.25, -0.2) is 10.2 Å². The first-order valence-electron chi connectivity index (χ1n) is 11.4. The molecule has 0 fully saturated rings. The van der Waals surface area contributed by atoms with Crippen molar-refractivity contribution in [2.24, 2.45) is 5.10 Å². The third kappa shape index (κ3) is 7.47. The largest absolute Gasteiger partial charge is 0.493 e. The lowest BCUT2D eigenvalue weighted by molar-refractivity contribution is 0.0696. The molecule has 0 aliphatic carbocycles. The molecule has 0 aliphatic heterocycles. The Morgan fingerprint density at radius 2 is 1.59 bits per heavy atom. The van der Waals surface area contributed by atoms with E-state index in [0.29, 0.717) is 51.8 Å². The zero-order valence-electron chi connectivity index (χ0n) is 20.6. The van der Waals surface area contributed by atoms with Crippen molar-refractivity contribution < 1.29 is 33.6 Å². The van der Waals surface area contributed by atoms with Gasteiger partial charge in [0, 0.05) is 5.56 Å². The summed E-state index contributed by atoms with van der Waals surface area (Å²) in [6.45, 7) is 4.83. The highest BCUT2D eigenvalue weighted by Gasteiger charge is 2.14. The second-order valence-corrected chi connectivity index (χ2v) is 8.41. The normalized spacial score (nSPS) is 10.7. The van der Waals surface area contributed by atoms with E-state index in [0.717, 1.165) is 5.56 Å². The topological polar surface area (TPSA) is 116 Å². The van der Waals surface area contributed by atoms with Gasteiger partial charge in [0.2, 0.25) is 0 Å². The summed E-state index contributed by atoms with van der Waals surface area (Å²) in [6.07, 6.45) is 1.49. The highest BCUT2D eigenvalue weighted by molar-refractivity contribution is 9.10. The number of carboxylic acids is 1. The summed E-state index contributed by atoms with van der Waals surface area (Å²) in [6, 6.07) is 14.8. The molecule has 0 saturated heterocycles. The van der Waals surface area contributed by atoms with Crippen LogP contribution < -0.4 is 24.4 Å². The van der Waals surface area contributed by atoms with Gasteiger partial charge < -0.3 is 24.1 Å². The van der Waals surface area contributed by atoms with Crippen molar-refractivity contribution in [2.75, 3.05) is 20.3 Å². The summed E-state index contributed by atoms with van der Waals surface area (Å²) in [5.41, 5.74) is 4.54. The summed E-state index contributed by atoms with van der Waals surface area (Å²) in [5, 5.41) is 13.1. The third-order valence-corrected chi connectivity index (χ3v) is 5.61. The molecule has 0 heterocycles. The van der Waals surface area contributed by atoms with Crippen molar-refractivity contribution in [1.29, 1.82) is 0 Å². The molecule has 0 atom stereocenters. The molecule has 2 N–H and O–H groups in total. The zero-order valence-corrected chi connectivity index (χ0v) is 22.2. The summed E-state index contributed by atoms with van der Waals surface area (Å²) < 4.78 is 23.1. The number of carbonyl (C=O) groups excluding carboxylic acids is 1. The van der Waals surface area contributed by atoms with Crippen LogP contribution in [0.1, 0.15) is 45.7 Å². The Hall–Kier alpha value is -4.05. The van der Waals surface area contributed by atoms with Crippen LogP contribution in [0.15, 0.2) is 64.2 Å². The Kier molecular flexibility index (Phi) is 9.91. The molecule has 0 saturated carbocycles. The molecule has 37 heavy (non-hydrogen) atoms. The minimum absolute atomic E-state index is 0.206. The number of amides is 1. The SMILES string of the molecule is CCOc1ccc(C(=O)N/N=C/c2cc(Br)c(OCc3ccc(C(=O)O)cc3)c(OCC)c2)cc1OC. The lowest BCUT2D eigenvalue weighted by Gasteiger charge is -2.15. The molecule has 194 valence electrons. The van der Waals surface area contributed by atoms with Crippen molar-refractivity contribution in [3.63, 3.8) is 0 Å². The quantitative estimate of drug-likeness (QED) is 0.224. The predicted molar refractivity (Wildman–Crippen MR) is 142 cm³/mol. The number of hydrogen-bond acceptors (Lipinski definition) is 7. The smallest absolute Gasteiger partial charge is 0.335 e. The fourth-order valence-electron chi connectivity index (χ4n) is 3.28. The van der Waals surface area contributed by atoms with E-state index < -0.39 is 11.9 Å². The molecular formula is C27H27BrN2O7. The highest BCUT2D eigenvalue weighted by Crippen LogP contribution is 2.37. The number of nitrogens with zero attached hydrogens (tertiary/aromatic N) is 1. The van der Waals surface area contributed by atoms with Gasteiger partial charge >= 0.3 is 5.97 Å². The maximum absolute atomic E-state index is 12.5. The van der Waals surface area contributed by atoms with Crippen LogP contribution in [0.3, 0.4) is 0 Å². The number of methoxy groups -OCH3 is 1. The van der Waals surface area contributed by atoms with E-state index >= 15 is 0 Å². The molecule has 3 rings (SSSR count).